The number of aromatic nitrogens is 3. The number of nitrogens with zero attached hydrogens (tertiary/aromatic N) is 3. The second-order valence-corrected chi connectivity index (χ2v) is 4.32. The third kappa shape index (κ3) is 2.33. The molecule has 0 atom stereocenters. The Bertz CT molecular complexity index is 482. The van der Waals surface area contributed by atoms with Crippen molar-refractivity contribution in [3.63, 3.8) is 0 Å². The molecule has 0 aliphatic carbocycles. The van der Waals surface area contributed by atoms with Gasteiger partial charge in [-0.25, -0.2) is 5.10 Å². The van der Waals surface area contributed by atoms with Crippen LogP contribution in [0.15, 0.2) is 28.7 Å². The van der Waals surface area contributed by atoms with Crippen LogP contribution in [0.4, 0.5) is 11.9 Å². The monoisotopic (exact) mass is 281 g/mol. The summed E-state index contributed by atoms with van der Waals surface area (Å²) in [6.45, 7) is 0.721. The van der Waals surface area contributed by atoms with Crippen molar-refractivity contribution >= 4 is 27.8 Å². The van der Waals surface area contributed by atoms with Crippen molar-refractivity contribution in [2.45, 2.75) is 6.54 Å². The molecule has 0 saturated heterocycles. The molecule has 0 radical (unpaired) electrons. The zero-order chi connectivity index (χ0) is 11.5. The van der Waals surface area contributed by atoms with Crippen molar-refractivity contribution in [1.82, 2.24) is 15.2 Å². The molecule has 84 valence electrons. The number of H-pyrrole nitrogens is 1. The van der Waals surface area contributed by atoms with E-state index in [4.69, 9.17) is 5.73 Å². The Kier molecular flexibility index (Phi) is 3.09. The van der Waals surface area contributed by atoms with Crippen molar-refractivity contribution in [1.29, 1.82) is 0 Å². The molecule has 0 fully saturated rings. The number of anilines is 2. The SMILES string of the molecule is CN(Cc1ccccc1Br)c1n[nH]c(N)n1. The average Bonchev–Trinajstić information content (AvgIpc) is 2.68. The molecule has 6 heteroatoms. The number of nitrogens with two attached hydrogens (primary N) is 1. The molecule has 0 bridgehead atoms. The molecule has 0 aliphatic heterocycles. The van der Waals surface area contributed by atoms with Crippen molar-refractivity contribution in [2.24, 2.45) is 0 Å². The molecule has 0 aliphatic rings. The maximum Gasteiger partial charge on any atom is 0.246 e. The molecular formula is C10H12BrN5. The summed E-state index contributed by atoms with van der Waals surface area (Å²) in [6.07, 6.45) is 0. The smallest absolute Gasteiger partial charge is 0.246 e. The van der Waals surface area contributed by atoms with Crippen molar-refractivity contribution < 1.29 is 0 Å². The van der Waals surface area contributed by atoms with E-state index in [1.807, 2.05) is 30.1 Å². The van der Waals surface area contributed by atoms with Crippen LogP contribution in [0.2, 0.25) is 0 Å². The van der Waals surface area contributed by atoms with E-state index in [1.54, 1.807) is 0 Å². The van der Waals surface area contributed by atoms with E-state index >= 15 is 0 Å². The fourth-order valence-electron chi connectivity index (χ4n) is 1.39. The van der Waals surface area contributed by atoms with Crippen LogP contribution in [-0.4, -0.2) is 22.2 Å². The number of hydrogen-bond acceptors (Lipinski definition) is 4. The summed E-state index contributed by atoms with van der Waals surface area (Å²) >= 11 is 3.50. The Morgan fingerprint density at radius 1 is 1.44 bits per heavy atom. The van der Waals surface area contributed by atoms with Gasteiger partial charge in [0.1, 0.15) is 0 Å². The summed E-state index contributed by atoms with van der Waals surface area (Å²) in [6, 6.07) is 8.05. The molecule has 1 heterocycles. The fraction of sp³-hybridized carbons (Fsp3) is 0.200. The quantitative estimate of drug-likeness (QED) is 0.900. The second-order valence-electron chi connectivity index (χ2n) is 3.47. The number of halogens is 1. The van der Waals surface area contributed by atoms with E-state index in [1.165, 1.54) is 5.56 Å². The highest BCUT2D eigenvalue weighted by Gasteiger charge is 2.08. The van der Waals surface area contributed by atoms with Crippen LogP contribution in [0.5, 0.6) is 0 Å². The third-order valence-corrected chi connectivity index (χ3v) is 2.97. The lowest BCUT2D eigenvalue weighted by Crippen LogP contribution is -2.18. The number of benzene rings is 1. The van der Waals surface area contributed by atoms with Crippen LogP contribution < -0.4 is 10.6 Å². The van der Waals surface area contributed by atoms with E-state index in [0.717, 1.165) is 11.0 Å². The normalized spacial score (nSPS) is 10.4. The first kappa shape index (κ1) is 10.9. The number of nitrogen functional groups attached to an aromatic ring is 1. The van der Waals surface area contributed by atoms with E-state index in [0.29, 0.717) is 11.9 Å². The first-order valence-corrected chi connectivity index (χ1v) is 5.58. The summed E-state index contributed by atoms with van der Waals surface area (Å²) < 4.78 is 1.07. The molecule has 3 N–H and O–H groups in total. The molecule has 0 amide bonds. The lowest BCUT2D eigenvalue weighted by molar-refractivity contribution is 0.867. The number of rotatable bonds is 3. The molecule has 1 aromatic heterocycles. The molecule has 0 saturated carbocycles. The standard InChI is InChI=1S/C10H12BrN5/c1-16(10-13-9(12)14-15-10)6-7-4-2-3-5-8(7)11/h2-5H,6H2,1H3,(H3,12,13,14,15). The highest BCUT2D eigenvalue weighted by Crippen LogP contribution is 2.19. The van der Waals surface area contributed by atoms with Gasteiger partial charge in [0.15, 0.2) is 0 Å². The van der Waals surface area contributed by atoms with Crippen LogP contribution in [0.25, 0.3) is 0 Å². The second kappa shape index (κ2) is 4.52. The van der Waals surface area contributed by atoms with Gasteiger partial charge in [-0.1, -0.05) is 34.1 Å². The summed E-state index contributed by atoms with van der Waals surface area (Å²) in [5, 5.41) is 6.60. The molecular weight excluding hydrogens is 270 g/mol. The van der Waals surface area contributed by atoms with Crippen LogP contribution in [-0.2, 0) is 6.54 Å². The van der Waals surface area contributed by atoms with E-state index < -0.39 is 0 Å². The van der Waals surface area contributed by atoms with Gasteiger partial charge in [-0.15, -0.1) is 5.10 Å². The van der Waals surface area contributed by atoms with Gasteiger partial charge >= 0.3 is 0 Å². The summed E-state index contributed by atoms with van der Waals surface area (Å²) in [7, 11) is 1.92. The minimum Gasteiger partial charge on any atom is -0.368 e. The Labute approximate surface area is 102 Å². The Morgan fingerprint density at radius 3 is 2.81 bits per heavy atom. The zero-order valence-electron chi connectivity index (χ0n) is 8.81. The maximum absolute atomic E-state index is 5.47. The van der Waals surface area contributed by atoms with Gasteiger partial charge in [-0.05, 0) is 11.6 Å². The van der Waals surface area contributed by atoms with Gasteiger partial charge in [-0.3, -0.25) is 0 Å². The summed E-state index contributed by atoms with van der Waals surface area (Å²) in [4.78, 5) is 5.98. The van der Waals surface area contributed by atoms with Gasteiger partial charge < -0.3 is 10.6 Å². The molecule has 2 aromatic rings. The topological polar surface area (TPSA) is 70.8 Å². The van der Waals surface area contributed by atoms with Gasteiger partial charge in [0.05, 0.1) is 0 Å². The van der Waals surface area contributed by atoms with E-state index in [2.05, 4.69) is 37.2 Å². The fourth-order valence-corrected chi connectivity index (χ4v) is 1.80. The molecule has 16 heavy (non-hydrogen) atoms. The molecule has 0 unspecified atom stereocenters. The van der Waals surface area contributed by atoms with Gasteiger partial charge in [0.2, 0.25) is 11.9 Å². The average molecular weight is 282 g/mol. The number of hydrogen-bond donors (Lipinski definition) is 2. The Hall–Kier alpha value is -1.56. The van der Waals surface area contributed by atoms with Gasteiger partial charge in [0, 0.05) is 18.1 Å². The van der Waals surface area contributed by atoms with Crippen LogP contribution >= 0.6 is 15.9 Å². The zero-order valence-corrected chi connectivity index (χ0v) is 10.4. The molecule has 2 rings (SSSR count). The summed E-state index contributed by atoms with van der Waals surface area (Å²) in [5.74, 6) is 0.919. The number of aromatic amines is 1. The minimum atomic E-state index is 0.328. The molecule has 0 spiro atoms. The van der Waals surface area contributed by atoms with Crippen LogP contribution in [0.3, 0.4) is 0 Å². The predicted molar refractivity (Wildman–Crippen MR) is 67.0 cm³/mol. The third-order valence-electron chi connectivity index (χ3n) is 2.20. The van der Waals surface area contributed by atoms with E-state index in [-0.39, 0.29) is 0 Å². The Balaban J connectivity index is 2.13. The van der Waals surface area contributed by atoms with Crippen LogP contribution in [0, 0.1) is 0 Å². The summed E-state index contributed by atoms with van der Waals surface area (Å²) in [5.41, 5.74) is 6.65. The lowest BCUT2D eigenvalue weighted by Gasteiger charge is -2.15. The van der Waals surface area contributed by atoms with Gasteiger partial charge in [0.25, 0.3) is 0 Å². The van der Waals surface area contributed by atoms with Gasteiger partial charge in [-0.2, -0.15) is 4.98 Å². The van der Waals surface area contributed by atoms with Crippen LogP contribution in [0.1, 0.15) is 5.56 Å². The van der Waals surface area contributed by atoms with E-state index in [9.17, 15) is 0 Å². The Morgan fingerprint density at radius 2 is 2.19 bits per heavy atom. The van der Waals surface area contributed by atoms with Crippen molar-refractivity contribution in [3.8, 4) is 0 Å². The lowest BCUT2D eigenvalue weighted by atomic mass is 10.2. The maximum atomic E-state index is 5.47. The molecule has 5 nitrogen and oxygen atoms in total. The first-order chi connectivity index (χ1) is 7.66. The minimum absolute atomic E-state index is 0.328. The highest BCUT2D eigenvalue weighted by atomic mass is 79.9. The predicted octanol–water partition coefficient (Wildman–Crippen LogP) is 1.79. The molecule has 1 aromatic carbocycles. The van der Waals surface area contributed by atoms with Crippen molar-refractivity contribution in [3.05, 3.63) is 34.3 Å². The first-order valence-electron chi connectivity index (χ1n) is 4.79. The number of nitrogens with one attached hydrogen (secondary N) is 1. The van der Waals surface area contributed by atoms with Crippen molar-refractivity contribution in [2.75, 3.05) is 17.7 Å². The highest BCUT2D eigenvalue weighted by molar-refractivity contribution is 9.10. The largest absolute Gasteiger partial charge is 0.368 e.